The molecule has 1 aromatic heterocycles. The maximum atomic E-state index is 13.3. The predicted molar refractivity (Wildman–Crippen MR) is 189 cm³/mol. The summed E-state index contributed by atoms with van der Waals surface area (Å²) >= 11 is 0. The topological polar surface area (TPSA) is 247 Å². The highest BCUT2D eigenvalue weighted by Gasteiger charge is 2.27. The number of carbonyl (C=O) groups is 5. The van der Waals surface area contributed by atoms with E-state index in [9.17, 15) is 28.8 Å². The highest BCUT2D eigenvalue weighted by Crippen LogP contribution is 2.21. The number of rotatable bonds is 16. The van der Waals surface area contributed by atoms with Gasteiger partial charge in [-0.05, 0) is 70.2 Å². The van der Waals surface area contributed by atoms with Crippen LogP contribution in [0.2, 0.25) is 0 Å². The van der Waals surface area contributed by atoms with Crippen molar-refractivity contribution in [3.63, 3.8) is 0 Å². The van der Waals surface area contributed by atoms with Crippen LogP contribution < -0.4 is 38.4 Å². The smallest absolute Gasteiger partial charge is 0.408 e. The van der Waals surface area contributed by atoms with E-state index in [0.717, 1.165) is 5.56 Å². The molecule has 51 heavy (non-hydrogen) atoms. The number of nitrogens with zero attached hydrogens (tertiary/aromatic N) is 1. The lowest BCUT2D eigenvalue weighted by molar-refractivity contribution is -0.145. The Hall–Kier alpha value is -5.93. The summed E-state index contributed by atoms with van der Waals surface area (Å²) in [5.74, 6) is -2.81. The van der Waals surface area contributed by atoms with E-state index in [2.05, 4.69) is 26.3 Å². The molecule has 0 unspecified atom stereocenters. The van der Waals surface area contributed by atoms with Crippen molar-refractivity contribution in [3.05, 3.63) is 76.1 Å². The average molecular weight is 708 g/mol. The van der Waals surface area contributed by atoms with Crippen molar-refractivity contribution >= 4 is 52.4 Å². The summed E-state index contributed by atoms with van der Waals surface area (Å²) in [6.45, 7) is 6.36. The van der Waals surface area contributed by atoms with Gasteiger partial charge in [-0.15, -0.1) is 0 Å². The van der Waals surface area contributed by atoms with Crippen molar-refractivity contribution in [1.29, 1.82) is 0 Å². The molecule has 0 aliphatic heterocycles. The number of hydrogen-bond donors (Lipinski definition) is 6. The number of guanidine groups is 1. The van der Waals surface area contributed by atoms with Gasteiger partial charge in [-0.25, -0.2) is 9.59 Å². The lowest BCUT2D eigenvalue weighted by atomic mass is 10.1. The largest absolute Gasteiger partial charge is 0.461 e. The standard InChI is InChI=1S/C35H45N7O9/c1-21-17-30(45)50-27-18-23(12-13-24(21)27)40-32(47)25(11-8-16-38-33(36)37)41-28(43)19-39-31(46)26(42-34(48)51-35(2,3)4)14-15-29(44)49-20-22-9-6-5-7-10-22/h5-7,9-10,12-13,17-18,25-26H,8,11,14-16,19-20H2,1-4H3,(H,39,46)(H,40,47)(H,41,43)(H,42,48)(H4,36,37,38)/t25-,26-/m1/s1. The van der Waals surface area contributed by atoms with Crippen LogP contribution in [-0.2, 0) is 35.3 Å². The SMILES string of the molecule is Cc1cc(=O)oc2cc(NC(=O)[C@@H](CCCN=C(N)N)NC(=O)CNC(=O)[C@@H](CCC(=O)OCc3ccccc3)NC(=O)OC(C)(C)C)ccc12. The van der Waals surface area contributed by atoms with Crippen LogP contribution in [0, 0.1) is 6.92 Å². The number of fused-ring (bicyclic) bond motifs is 1. The van der Waals surface area contributed by atoms with Gasteiger partial charge >= 0.3 is 17.7 Å². The molecule has 0 saturated carbocycles. The van der Waals surface area contributed by atoms with Crippen LogP contribution in [0.3, 0.4) is 0 Å². The Balaban J connectivity index is 1.65. The highest BCUT2D eigenvalue weighted by atomic mass is 16.6. The molecule has 274 valence electrons. The number of aryl methyl sites for hydroxylation is 1. The maximum Gasteiger partial charge on any atom is 0.408 e. The van der Waals surface area contributed by atoms with E-state index in [4.69, 9.17) is 25.4 Å². The van der Waals surface area contributed by atoms with Crippen molar-refractivity contribution in [2.75, 3.05) is 18.4 Å². The summed E-state index contributed by atoms with van der Waals surface area (Å²) in [6.07, 6.45) is -0.829. The molecule has 8 N–H and O–H groups in total. The van der Waals surface area contributed by atoms with Gasteiger partial charge in [-0.1, -0.05) is 30.3 Å². The molecule has 3 rings (SSSR count). The van der Waals surface area contributed by atoms with Crippen LogP contribution in [0.15, 0.2) is 68.8 Å². The first-order chi connectivity index (χ1) is 24.1. The number of ether oxygens (including phenoxy) is 2. The predicted octanol–water partition coefficient (Wildman–Crippen LogP) is 2.11. The number of nitrogens with two attached hydrogens (primary N) is 2. The molecule has 0 spiro atoms. The molecule has 2 atom stereocenters. The quantitative estimate of drug-likeness (QED) is 0.0414. The van der Waals surface area contributed by atoms with E-state index in [0.29, 0.717) is 23.1 Å². The highest BCUT2D eigenvalue weighted by molar-refractivity contribution is 5.99. The molecule has 2 aromatic carbocycles. The molecular formula is C35H45N7O9. The third-order valence-electron chi connectivity index (χ3n) is 7.13. The van der Waals surface area contributed by atoms with E-state index in [1.807, 2.05) is 6.07 Å². The minimum Gasteiger partial charge on any atom is -0.461 e. The normalized spacial score (nSPS) is 12.2. The fraction of sp³-hybridized carbons (Fsp3) is 0.400. The second-order valence-corrected chi connectivity index (χ2v) is 12.6. The summed E-state index contributed by atoms with van der Waals surface area (Å²) in [6, 6.07) is 12.9. The Morgan fingerprint density at radius 3 is 2.31 bits per heavy atom. The van der Waals surface area contributed by atoms with Crippen molar-refractivity contribution < 1.29 is 37.9 Å². The molecule has 1 heterocycles. The molecule has 0 aliphatic rings. The third kappa shape index (κ3) is 14.2. The number of amides is 4. The molecule has 0 saturated heterocycles. The molecule has 16 heteroatoms. The van der Waals surface area contributed by atoms with Crippen LogP contribution in [0.5, 0.6) is 0 Å². The number of anilines is 1. The summed E-state index contributed by atoms with van der Waals surface area (Å²) in [4.78, 5) is 80.2. The zero-order valence-corrected chi connectivity index (χ0v) is 29.1. The lowest BCUT2D eigenvalue weighted by Gasteiger charge is -2.23. The van der Waals surface area contributed by atoms with E-state index in [-0.39, 0.29) is 44.0 Å². The average Bonchev–Trinajstić information content (AvgIpc) is 3.05. The van der Waals surface area contributed by atoms with Crippen LogP contribution >= 0.6 is 0 Å². The van der Waals surface area contributed by atoms with E-state index >= 15 is 0 Å². The number of alkyl carbamates (subject to hydrolysis) is 1. The number of esters is 1. The van der Waals surface area contributed by atoms with Gasteiger partial charge in [0.1, 0.15) is 29.9 Å². The number of benzene rings is 2. The number of aliphatic imine (C=N–C) groups is 1. The van der Waals surface area contributed by atoms with E-state index in [1.165, 1.54) is 12.1 Å². The summed E-state index contributed by atoms with van der Waals surface area (Å²) in [5, 5.41) is 10.9. The maximum absolute atomic E-state index is 13.3. The Labute approximate surface area is 294 Å². The van der Waals surface area contributed by atoms with Crippen molar-refractivity contribution in [1.82, 2.24) is 16.0 Å². The Kier molecular flexibility index (Phi) is 14.5. The Morgan fingerprint density at radius 1 is 0.922 bits per heavy atom. The van der Waals surface area contributed by atoms with Crippen molar-refractivity contribution in [2.24, 2.45) is 16.5 Å². The van der Waals surface area contributed by atoms with Gasteiger partial charge in [-0.2, -0.15) is 0 Å². The molecule has 16 nitrogen and oxygen atoms in total. The van der Waals surface area contributed by atoms with Crippen LogP contribution in [-0.4, -0.2) is 66.5 Å². The van der Waals surface area contributed by atoms with Gasteiger partial charge in [0, 0.05) is 36.2 Å². The zero-order chi connectivity index (χ0) is 37.6. The van der Waals surface area contributed by atoms with Crippen LogP contribution in [0.1, 0.15) is 57.6 Å². The third-order valence-corrected chi connectivity index (χ3v) is 7.13. The minimum absolute atomic E-state index is 0.0356. The van der Waals surface area contributed by atoms with Crippen LogP contribution in [0.4, 0.5) is 10.5 Å². The number of carbonyl (C=O) groups excluding carboxylic acids is 5. The molecule has 0 aliphatic carbocycles. The minimum atomic E-state index is -1.26. The Bertz CT molecular complexity index is 1780. The second kappa shape index (κ2) is 18.7. The first-order valence-corrected chi connectivity index (χ1v) is 16.3. The molecular weight excluding hydrogens is 662 g/mol. The second-order valence-electron chi connectivity index (χ2n) is 12.6. The zero-order valence-electron chi connectivity index (χ0n) is 29.1. The van der Waals surface area contributed by atoms with Gasteiger partial charge in [0.2, 0.25) is 17.7 Å². The number of nitrogens with one attached hydrogen (secondary N) is 4. The first kappa shape index (κ1) is 39.5. The van der Waals surface area contributed by atoms with Gasteiger partial charge in [0.15, 0.2) is 5.96 Å². The number of hydrogen-bond acceptors (Lipinski definition) is 10. The molecule has 0 fully saturated rings. The fourth-order valence-electron chi connectivity index (χ4n) is 4.73. The van der Waals surface area contributed by atoms with Gasteiger partial charge in [0.05, 0.1) is 6.54 Å². The summed E-state index contributed by atoms with van der Waals surface area (Å²) in [5.41, 5.74) is 11.5. The van der Waals surface area contributed by atoms with Crippen molar-refractivity contribution in [3.8, 4) is 0 Å². The Morgan fingerprint density at radius 2 is 1.63 bits per heavy atom. The summed E-state index contributed by atoms with van der Waals surface area (Å²) in [7, 11) is 0. The first-order valence-electron chi connectivity index (χ1n) is 16.3. The van der Waals surface area contributed by atoms with E-state index < -0.39 is 59.6 Å². The van der Waals surface area contributed by atoms with Crippen LogP contribution in [0.25, 0.3) is 11.0 Å². The molecule has 4 amide bonds. The van der Waals surface area contributed by atoms with E-state index in [1.54, 1.807) is 64.1 Å². The molecule has 0 radical (unpaired) electrons. The summed E-state index contributed by atoms with van der Waals surface area (Å²) < 4.78 is 15.8. The van der Waals surface area contributed by atoms with Crippen molar-refractivity contribution in [2.45, 2.75) is 77.7 Å². The monoisotopic (exact) mass is 707 g/mol. The molecule has 3 aromatic rings. The lowest BCUT2D eigenvalue weighted by Crippen LogP contribution is -2.52. The fourth-order valence-corrected chi connectivity index (χ4v) is 4.73. The van der Waals surface area contributed by atoms with Gasteiger partial charge < -0.3 is 46.6 Å². The van der Waals surface area contributed by atoms with Gasteiger partial charge in [0.25, 0.3) is 0 Å². The van der Waals surface area contributed by atoms with Gasteiger partial charge in [-0.3, -0.25) is 24.2 Å². The molecule has 0 bridgehead atoms.